The second-order valence-electron chi connectivity index (χ2n) is 10.1. The lowest BCUT2D eigenvalue weighted by Gasteiger charge is -2.29. The van der Waals surface area contributed by atoms with Gasteiger partial charge in [0.05, 0.1) is 29.7 Å². The van der Waals surface area contributed by atoms with Gasteiger partial charge < -0.3 is 9.64 Å². The van der Waals surface area contributed by atoms with Crippen molar-refractivity contribution in [3.63, 3.8) is 0 Å². The predicted molar refractivity (Wildman–Crippen MR) is 133 cm³/mol. The third-order valence-electron chi connectivity index (χ3n) is 5.96. The molecule has 0 aliphatic carbocycles. The van der Waals surface area contributed by atoms with Crippen molar-refractivity contribution in [2.75, 3.05) is 14.2 Å². The molecule has 0 saturated heterocycles. The van der Waals surface area contributed by atoms with Gasteiger partial charge in [0.15, 0.2) is 0 Å². The van der Waals surface area contributed by atoms with Crippen molar-refractivity contribution in [1.82, 2.24) is 14.5 Å². The van der Waals surface area contributed by atoms with Crippen LogP contribution < -0.4 is 10.3 Å². The molecule has 0 radical (unpaired) electrons. The first kappa shape index (κ1) is 24.5. The average Bonchev–Trinajstić information content (AvgIpc) is 2.76. The Bertz CT molecular complexity index is 1180. The molecule has 0 fully saturated rings. The molecule has 0 bridgehead atoms. The molecule has 6 heteroatoms. The van der Waals surface area contributed by atoms with Crippen LogP contribution in [0.2, 0.25) is 0 Å². The molecule has 2 aromatic carbocycles. The Morgan fingerprint density at radius 3 is 2.33 bits per heavy atom. The summed E-state index contributed by atoms with van der Waals surface area (Å²) in [6.45, 7) is 10.6. The van der Waals surface area contributed by atoms with E-state index in [1.165, 1.54) is 0 Å². The van der Waals surface area contributed by atoms with Gasteiger partial charge in [-0.2, -0.15) is 0 Å². The number of ether oxygens (including phenoxy) is 1. The van der Waals surface area contributed by atoms with Gasteiger partial charge in [0.2, 0.25) is 5.91 Å². The van der Waals surface area contributed by atoms with Crippen LogP contribution in [0, 0.1) is 11.3 Å². The van der Waals surface area contributed by atoms with Crippen molar-refractivity contribution < 1.29 is 9.53 Å². The van der Waals surface area contributed by atoms with E-state index in [-0.39, 0.29) is 22.8 Å². The van der Waals surface area contributed by atoms with Crippen LogP contribution in [-0.2, 0) is 4.79 Å². The molecule has 1 aromatic heterocycles. The molecule has 3 rings (SSSR count). The molecule has 0 saturated carbocycles. The van der Waals surface area contributed by atoms with Crippen LogP contribution in [0.5, 0.6) is 5.75 Å². The van der Waals surface area contributed by atoms with Crippen LogP contribution in [-0.4, -0.2) is 34.5 Å². The van der Waals surface area contributed by atoms with Crippen LogP contribution >= 0.6 is 0 Å². The molecular weight excluding hydrogens is 414 g/mol. The summed E-state index contributed by atoms with van der Waals surface area (Å²) in [5.74, 6) is 1.54. The van der Waals surface area contributed by atoms with Crippen LogP contribution in [0.3, 0.4) is 0 Å². The number of nitrogens with zero attached hydrogens (tertiary/aromatic N) is 3. The summed E-state index contributed by atoms with van der Waals surface area (Å²) in [6.07, 6.45) is 1.42. The molecule has 1 amide bonds. The number of carbonyl (C=O) groups is 1. The Balaban J connectivity index is 2.03. The van der Waals surface area contributed by atoms with Crippen molar-refractivity contribution >= 4 is 16.8 Å². The summed E-state index contributed by atoms with van der Waals surface area (Å²) in [6, 6.07) is 14.2. The van der Waals surface area contributed by atoms with E-state index in [2.05, 4.69) is 27.7 Å². The Morgan fingerprint density at radius 1 is 1.09 bits per heavy atom. The number of para-hydroxylation sites is 1. The zero-order valence-electron chi connectivity index (χ0n) is 20.8. The quantitative estimate of drug-likeness (QED) is 0.486. The van der Waals surface area contributed by atoms with Crippen LogP contribution in [0.1, 0.15) is 59.3 Å². The van der Waals surface area contributed by atoms with Gasteiger partial charge in [0, 0.05) is 13.5 Å². The molecule has 33 heavy (non-hydrogen) atoms. The first-order valence-corrected chi connectivity index (χ1v) is 11.4. The SMILES string of the molecule is COc1ccc(-n2c(C(C)N(C)C(=O)CC(C)CC(C)(C)C)nc3ccccc3c2=O)cc1. The molecule has 0 aliphatic heterocycles. The second-order valence-corrected chi connectivity index (χ2v) is 10.1. The van der Waals surface area contributed by atoms with Gasteiger partial charge >= 0.3 is 0 Å². The zero-order chi connectivity index (χ0) is 24.3. The van der Waals surface area contributed by atoms with E-state index in [1.54, 1.807) is 29.7 Å². The van der Waals surface area contributed by atoms with Gasteiger partial charge in [0.25, 0.3) is 5.56 Å². The van der Waals surface area contributed by atoms with Crippen molar-refractivity contribution in [2.24, 2.45) is 11.3 Å². The van der Waals surface area contributed by atoms with E-state index in [4.69, 9.17) is 9.72 Å². The summed E-state index contributed by atoms with van der Waals surface area (Å²) in [5, 5.41) is 0.539. The van der Waals surface area contributed by atoms with E-state index in [1.807, 2.05) is 49.4 Å². The Kier molecular flexibility index (Phi) is 7.25. The minimum atomic E-state index is -0.390. The van der Waals surface area contributed by atoms with Crippen LogP contribution in [0.4, 0.5) is 0 Å². The van der Waals surface area contributed by atoms with Crippen molar-refractivity contribution in [1.29, 1.82) is 0 Å². The Hall–Kier alpha value is -3.15. The van der Waals surface area contributed by atoms with Gasteiger partial charge in [-0.05, 0) is 61.1 Å². The van der Waals surface area contributed by atoms with E-state index < -0.39 is 6.04 Å². The monoisotopic (exact) mass is 449 g/mol. The highest BCUT2D eigenvalue weighted by Crippen LogP contribution is 2.28. The van der Waals surface area contributed by atoms with E-state index in [9.17, 15) is 9.59 Å². The average molecular weight is 450 g/mol. The van der Waals surface area contributed by atoms with Gasteiger partial charge in [-0.3, -0.25) is 14.2 Å². The lowest BCUT2D eigenvalue weighted by molar-refractivity contribution is -0.133. The molecule has 6 nitrogen and oxygen atoms in total. The van der Waals surface area contributed by atoms with Gasteiger partial charge in [-0.25, -0.2) is 4.98 Å². The maximum Gasteiger partial charge on any atom is 0.266 e. The second kappa shape index (κ2) is 9.77. The van der Waals surface area contributed by atoms with Gasteiger partial charge in [0.1, 0.15) is 11.6 Å². The summed E-state index contributed by atoms with van der Waals surface area (Å²) in [5.41, 5.74) is 1.31. The topological polar surface area (TPSA) is 64.4 Å². The normalized spacial score (nSPS) is 13.5. The van der Waals surface area contributed by atoms with E-state index >= 15 is 0 Å². The smallest absolute Gasteiger partial charge is 0.266 e. The highest BCUT2D eigenvalue weighted by atomic mass is 16.5. The minimum absolute atomic E-state index is 0.0444. The fourth-order valence-corrected chi connectivity index (χ4v) is 4.36. The van der Waals surface area contributed by atoms with Gasteiger partial charge in [-0.1, -0.05) is 39.8 Å². The number of carbonyl (C=O) groups excluding carboxylic acids is 1. The number of methoxy groups -OCH3 is 1. The third-order valence-corrected chi connectivity index (χ3v) is 5.96. The van der Waals surface area contributed by atoms with Crippen molar-refractivity contribution in [3.8, 4) is 11.4 Å². The number of aromatic nitrogens is 2. The molecule has 1 heterocycles. The minimum Gasteiger partial charge on any atom is -0.497 e. The molecule has 2 unspecified atom stereocenters. The van der Waals surface area contributed by atoms with Gasteiger partial charge in [-0.15, -0.1) is 0 Å². The summed E-state index contributed by atoms with van der Waals surface area (Å²) in [7, 11) is 3.39. The molecule has 176 valence electrons. The lowest BCUT2D eigenvalue weighted by Crippen LogP contribution is -2.35. The summed E-state index contributed by atoms with van der Waals surface area (Å²) in [4.78, 5) is 33.2. The van der Waals surface area contributed by atoms with Crippen LogP contribution in [0.15, 0.2) is 53.3 Å². The number of amides is 1. The first-order valence-electron chi connectivity index (χ1n) is 11.4. The van der Waals surface area contributed by atoms with Crippen molar-refractivity contribution in [2.45, 2.75) is 53.5 Å². The molecule has 2 atom stereocenters. The number of benzene rings is 2. The number of hydrogen-bond donors (Lipinski definition) is 0. The lowest BCUT2D eigenvalue weighted by atomic mass is 9.84. The molecule has 0 spiro atoms. The Morgan fingerprint density at radius 2 is 1.73 bits per heavy atom. The molecule has 3 aromatic rings. The highest BCUT2D eigenvalue weighted by Gasteiger charge is 2.26. The molecular formula is C27H35N3O3. The molecule has 0 aliphatic rings. The maximum absolute atomic E-state index is 13.5. The maximum atomic E-state index is 13.5. The Labute approximate surface area is 196 Å². The number of fused-ring (bicyclic) bond motifs is 1. The third kappa shape index (κ3) is 5.62. The highest BCUT2D eigenvalue weighted by molar-refractivity contribution is 5.79. The largest absolute Gasteiger partial charge is 0.497 e. The van der Waals surface area contributed by atoms with E-state index in [0.717, 1.165) is 6.42 Å². The fraction of sp³-hybridized carbons (Fsp3) is 0.444. The summed E-state index contributed by atoms with van der Waals surface area (Å²) < 4.78 is 6.87. The van der Waals surface area contributed by atoms with Crippen LogP contribution in [0.25, 0.3) is 16.6 Å². The summed E-state index contributed by atoms with van der Waals surface area (Å²) >= 11 is 0. The molecule has 0 N–H and O–H groups in total. The van der Waals surface area contributed by atoms with E-state index in [0.29, 0.717) is 34.6 Å². The standard InChI is InChI=1S/C27H35N3O3/c1-18(17-27(3,4)5)16-24(31)29(6)19(2)25-28-23-11-9-8-10-22(23)26(32)30(25)20-12-14-21(33-7)15-13-20/h8-15,18-19H,16-17H2,1-7H3. The number of hydrogen-bond acceptors (Lipinski definition) is 4. The first-order chi connectivity index (χ1) is 15.5. The van der Waals surface area contributed by atoms with Crippen molar-refractivity contribution in [3.05, 3.63) is 64.7 Å². The fourth-order valence-electron chi connectivity index (χ4n) is 4.36. The number of rotatable bonds is 7. The predicted octanol–water partition coefficient (Wildman–Crippen LogP) is 5.38. The zero-order valence-corrected chi connectivity index (χ0v) is 20.8.